The molecule has 0 aliphatic heterocycles. The van der Waals surface area contributed by atoms with Crippen LogP contribution in [0.5, 0.6) is 0 Å². The number of rotatable bonds is 4. The Balaban J connectivity index is 3.32. The Morgan fingerprint density at radius 3 is 2.33 bits per heavy atom. The lowest BCUT2D eigenvalue weighted by Gasteiger charge is -2.30. The first-order valence-electron chi connectivity index (χ1n) is 5.15. The van der Waals surface area contributed by atoms with Gasteiger partial charge in [0.15, 0.2) is 14.0 Å². The molecule has 0 fully saturated rings. The summed E-state index contributed by atoms with van der Waals surface area (Å²) in [6, 6.07) is 4.41. The smallest absolute Gasteiger partial charge is 0.175 e. The van der Waals surface area contributed by atoms with Crippen LogP contribution in [-0.2, 0) is 9.84 Å². The van der Waals surface area contributed by atoms with E-state index in [9.17, 15) is 13.5 Å². The number of hydrogen-bond acceptors (Lipinski definition) is 3. The topological polar surface area (TPSA) is 54.4 Å². The van der Waals surface area contributed by atoms with E-state index in [1.807, 2.05) is 0 Å². The van der Waals surface area contributed by atoms with Gasteiger partial charge in [0.1, 0.15) is 6.10 Å². The third kappa shape index (κ3) is 2.94. The van der Waals surface area contributed by atoms with Crippen LogP contribution in [0.4, 0.5) is 0 Å². The monoisotopic (exact) mass is 330 g/mol. The van der Waals surface area contributed by atoms with Gasteiger partial charge >= 0.3 is 0 Å². The maximum absolute atomic E-state index is 11.7. The van der Waals surface area contributed by atoms with Gasteiger partial charge < -0.3 is 5.11 Å². The molecule has 0 radical (unpaired) electrons. The first-order chi connectivity index (χ1) is 8.13. The molecule has 0 aliphatic rings. The van der Waals surface area contributed by atoms with E-state index in [0.29, 0.717) is 5.02 Å². The van der Waals surface area contributed by atoms with Crippen LogP contribution in [0, 0.1) is 0 Å². The SMILES string of the molecule is CC[C@](Cl)([C@H](O)c1ccc(Cl)cc1Cl)S(C)(=O)=O. The summed E-state index contributed by atoms with van der Waals surface area (Å²) >= 11 is 17.7. The molecule has 0 aliphatic carbocycles. The number of benzene rings is 1. The molecule has 1 aromatic rings. The van der Waals surface area contributed by atoms with E-state index in [-0.39, 0.29) is 17.0 Å². The van der Waals surface area contributed by atoms with Crippen LogP contribution in [0.2, 0.25) is 10.0 Å². The van der Waals surface area contributed by atoms with Crippen molar-refractivity contribution in [2.24, 2.45) is 0 Å². The van der Waals surface area contributed by atoms with E-state index in [2.05, 4.69) is 0 Å². The summed E-state index contributed by atoms with van der Waals surface area (Å²) in [5, 5.41) is 10.8. The van der Waals surface area contributed by atoms with Crippen molar-refractivity contribution >= 4 is 44.6 Å². The van der Waals surface area contributed by atoms with Crippen LogP contribution in [0.15, 0.2) is 18.2 Å². The van der Waals surface area contributed by atoms with Crippen molar-refractivity contribution in [3.8, 4) is 0 Å². The molecule has 3 nitrogen and oxygen atoms in total. The first-order valence-corrected chi connectivity index (χ1v) is 8.17. The van der Waals surface area contributed by atoms with E-state index in [1.54, 1.807) is 6.92 Å². The highest BCUT2D eigenvalue weighted by Gasteiger charge is 2.45. The van der Waals surface area contributed by atoms with Crippen molar-refractivity contribution in [2.45, 2.75) is 23.7 Å². The molecule has 0 amide bonds. The van der Waals surface area contributed by atoms with Crippen LogP contribution in [0.25, 0.3) is 0 Å². The molecule has 18 heavy (non-hydrogen) atoms. The Bertz CT molecular complexity index is 544. The zero-order valence-electron chi connectivity index (χ0n) is 9.82. The Morgan fingerprint density at radius 1 is 1.39 bits per heavy atom. The van der Waals surface area contributed by atoms with Crippen LogP contribution in [0.1, 0.15) is 25.0 Å². The lowest BCUT2D eigenvalue weighted by Crippen LogP contribution is -2.38. The quantitative estimate of drug-likeness (QED) is 0.860. The van der Waals surface area contributed by atoms with E-state index >= 15 is 0 Å². The van der Waals surface area contributed by atoms with Crippen molar-refractivity contribution < 1.29 is 13.5 Å². The highest BCUT2D eigenvalue weighted by Crippen LogP contribution is 2.42. The van der Waals surface area contributed by atoms with Gasteiger partial charge in [-0.05, 0) is 18.6 Å². The van der Waals surface area contributed by atoms with E-state index in [4.69, 9.17) is 34.8 Å². The van der Waals surface area contributed by atoms with Crippen LogP contribution in [0.3, 0.4) is 0 Å². The van der Waals surface area contributed by atoms with Crippen molar-refractivity contribution in [3.05, 3.63) is 33.8 Å². The fourth-order valence-corrected chi connectivity index (χ4v) is 3.30. The minimum atomic E-state index is -3.66. The molecule has 1 N–H and O–H groups in total. The molecule has 1 rings (SSSR count). The fraction of sp³-hybridized carbons (Fsp3) is 0.455. The Morgan fingerprint density at radius 2 is 1.94 bits per heavy atom. The van der Waals surface area contributed by atoms with Crippen LogP contribution in [-0.4, -0.2) is 24.0 Å². The summed E-state index contributed by atoms with van der Waals surface area (Å²) < 4.78 is 21.6. The van der Waals surface area contributed by atoms with Gasteiger partial charge in [0.05, 0.1) is 0 Å². The normalized spacial score (nSPS) is 17.2. The minimum absolute atomic E-state index is 0.0491. The first kappa shape index (κ1) is 16.1. The lowest BCUT2D eigenvalue weighted by molar-refractivity contribution is 0.155. The van der Waals surface area contributed by atoms with E-state index in [0.717, 1.165) is 6.26 Å². The fourth-order valence-electron chi connectivity index (χ4n) is 1.61. The summed E-state index contributed by atoms with van der Waals surface area (Å²) in [5.41, 5.74) is 0.239. The molecule has 0 aromatic heterocycles. The summed E-state index contributed by atoms with van der Waals surface area (Å²) in [5.74, 6) is 0. The number of halogens is 3. The molecule has 0 saturated carbocycles. The van der Waals surface area contributed by atoms with Gasteiger partial charge in [-0.2, -0.15) is 0 Å². The molecule has 2 atom stereocenters. The van der Waals surface area contributed by atoms with Gasteiger partial charge in [-0.3, -0.25) is 0 Å². The second kappa shape index (κ2) is 5.55. The highest BCUT2D eigenvalue weighted by atomic mass is 35.5. The van der Waals surface area contributed by atoms with Gasteiger partial charge in [-0.1, -0.05) is 47.8 Å². The summed E-state index contributed by atoms with van der Waals surface area (Å²) in [6.07, 6.45) is -0.395. The Hall–Kier alpha value is -0.000000000000000111. The third-order valence-electron chi connectivity index (χ3n) is 2.76. The van der Waals surface area contributed by atoms with Gasteiger partial charge in [-0.25, -0.2) is 8.42 Å². The molecule has 1 aromatic carbocycles. The van der Waals surface area contributed by atoms with Gasteiger partial charge in [-0.15, -0.1) is 0 Å². The third-order valence-corrected chi connectivity index (χ3v) is 6.39. The molecule has 7 heteroatoms. The predicted octanol–water partition coefficient (Wildman–Crippen LogP) is 3.42. The van der Waals surface area contributed by atoms with Crippen molar-refractivity contribution in [3.63, 3.8) is 0 Å². The Kier molecular flexibility index (Phi) is 4.95. The number of aliphatic hydroxyl groups is 1. The standard InChI is InChI=1S/C11H13Cl3O3S/c1-3-11(14,18(2,16)17)10(15)8-5-4-7(12)6-9(8)13/h4-6,10,15H,3H2,1-2H3/t10-,11-/m1/s1. The lowest BCUT2D eigenvalue weighted by atomic mass is 10.0. The number of aliphatic hydroxyl groups excluding tert-OH is 1. The Labute approximate surface area is 122 Å². The van der Waals surface area contributed by atoms with Crippen molar-refractivity contribution in [1.29, 1.82) is 0 Å². The molecular weight excluding hydrogens is 319 g/mol. The minimum Gasteiger partial charge on any atom is -0.385 e. The highest BCUT2D eigenvalue weighted by molar-refractivity contribution is 7.93. The molecule has 0 saturated heterocycles. The summed E-state index contributed by atoms with van der Waals surface area (Å²) in [6.45, 7) is 1.58. The zero-order chi connectivity index (χ0) is 14.1. The number of hydrogen-bond donors (Lipinski definition) is 1. The van der Waals surface area contributed by atoms with E-state index in [1.165, 1.54) is 18.2 Å². The molecule has 0 spiro atoms. The average molecular weight is 332 g/mol. The molecule has 0 bridgehead atoms. The summed E-state index contributed by atoms with van der Waals surface area (Å²) in [7, 11) is -3.66. The molecule has 0 unspecified atom stereocenters. The number of sulfone groups is 1. The number of alkyl halides is 1. The second-order valence-corrected chi connectivity index (χ2v) is 8.00. The van der Waals surface area contributed by atoms with Gasteiger partial charge in [0, 0.05) is 21.9 Å². The maximum atomic E-state index is 11.7. The van der Waals surface area contributed by atoms with Gasteiger partial charge in [0.2, 0.25) is 0 Å². The van der Waals surface area contributed by atoms with Crippen molar-refractivity contribution in [1.82, 2.24) is 0 Å². The largest absolute Gasteiger partial charge is 0.385 e. The predicted molar refractivity (Wildman–Crippen MR) is 75.1 cm³/mol. The van der Waals surface area contributed by atoms with Crippen LogP contribution >= 0.6 is 34.8 Å². The van der Waals surface area contributed by atoms with Crippen LogP contribution < -0.4 is 0 Å². The molecule has 0 heterocycles. The zero-order valence-corrected chi connectivity index (χ0v) is 12.9. The van der Waals surface area contributed by atoms with E-state index < -0.39 is 20.1 Å². The molecular formula is C11H13Cl3O3S. The maximum Gasteiger partial charge on any atom is 0.175 e. The molecule has 102 valence electrons. The van der Waals surface area contributed by atoms with Gasteiger partial charge in [0.25, 0.3) is 0 Å². The summed E-state index contributed by atoms with van der Waals surface area (Å²) in [4.78, 5) is 0. The average Bonchev–Trinajstić information content (AvgIpc) is 2.25. The second-order valence-electron chi connectivity index (χ2n) is 3.98. The van der Waals surface area contributed by atoms with Crippen molar-refractivity contribution in [2.75, 3.05) is 6.26 Å².